The number of carbonyl (C=O) groups is 2. The summed E-state index contributed by atoms with van der Waals surface area (Å²) in [6.07, 6.45) is 3.40. The molecule has 1 saturated heterocycles. The molecule has 0 spiro atoms. The molecule has 0 bridgehead atoms. The van der Waals surface area contributed by atoms with Gasteiger partial charge in [-0.25, -0.2) is 13.2 Å². The predicted molar refractivity (Wildman–Crippen MR) is 106 cm³/mol. The molecule has 0 aromatic heterocycles. The van der Waals surface area contributed by atoms with E-state index in [2.05, 4.69) is 5.32 Å². The summed E-state index contributed by atoms with van der Waals surface area (Å²) in [5.41, 5.74) is -0.281. The third kappa shape index (κ3) is 5.54. The molecule has 1 aliphatic rings. The molecule has 0 saturated carbocycles. The highest BCUT2D eigenvalue weighted by atomic mass is 32.2. The van der Waals surface area contributed by atoms with Crippen molar-refractivity contribution in [2.24, 2.45) is 0 Å². The largest absolute Gasteiger partial charge is 0.452 e. The summed E-state index contributed by atoms with van der Waals surface area (Å²) in [5.74, 6) is -1.13. The standard InChI is InChI=1S/C20H30N2O5S/c1-5-20(3,4)21-18(23)14-27-19(24)16-10-8-11-17(13-16)28(25,26)22-12-7-6-9-15(22)2/h8,10-11,13,15H,5-7,9,12,14H2,1-4H3,(H,21,23)/t15-/m1/s1. The minimum atomic E-state index is -3.68. The van der Waals surface area contributed by atoms with Crippen molar-refractivity contribution < 1.29 is 22.7 Å². The van der Waals surface area contributed by atoms with Gasteiger partial charge >= 0.3 is 5.97 Å². The molecule has 0 radical (unpaired) electrons. The molecule has 1 amide bonds. The fraction of sp³-hybridized carbons (Fsp3) is 0.600. The normalized spacial score (nSPS) is 18.5. The number of esters is 1. The third-order valence-corrected chi connectivity index (χ3v) is 7.12. The van der Waals surface area contributed by atoms with Crippen LogP contribution in [0.4, 0.5) is 0 Å². The van der Waals surface area contributed by atoms with Crippen molar-refractivity contribution in [2.75, 3.05) is 13.2 Å². The SMILES string of the molecule is CCC(C)(C)NC(=O)COC(=O)c1cccc(S(=O)(=O)N2CCCC[C@H]2C)c1. The maximum Gasteiger partial charge on any atom is 0.338 e. The second-order valence-corrected chi connectivity index (χ2v) is 9.74. The van der Waals surface area contributed by atoms with Crippen LogP contribution in [0, 0.1) is 0 Å². The van der Waals surface area contributed by atoms with Gasteiger partial charge in [0.2, 0.25) is 10.0 Å². The zero-order chi connectivity index (χ0) is 20.9. The van der Waals surface area contributed by atoms with Crippen molar-refractivity contribution in [3.63, 3.8) is 0 Å². The van der Waals surface area contributed by atoms with Gasteiger partial charge in [0.1, 0.15) is 0 Å². The smallest absolute Gasteiger partial charge is 0.338 e. The Morgan fingerprint density at radius 2 is 2.00 bits per heavy atom. The number of nitrogens with one attached hydrogen (secondary N) is 1. The molecule has 2 rings (SSSR count). The van der Waals surface area contributed by atoms with Crippen LogP contribution in [-0.4, -0.2) is 49.3 Å². The van der Waals surface area contributed by atoms with E-state index in [1.807, 2.05) is 27.7 Å². The van der Waals surface area contributed by atoms with Gasteiger partial charge in [0.15, 0.2) is 6.61 Å². The van der Waals surface area contributed by atoms with Gasteiger partial charge in [0.25, 0.3) is 5.91 Å². The summed E-state index contributed by atoms with van der Waals surface area (Å²) >= 11 is 0. The van der Waals surface area contributed by atoms with Crippen molar-refractivity contribution in [2.45, 2.75) is 69.9 Å². The van der Waals surface area contributed by atoms with E-state index in [1.54, 1.807) is 0 Å². The Kier molecular flexibility index (Phi) is 7.22. The number of nitrogens with zero attached hydrogens (tertiary/aromatic N) is 1. The van der Waals surface area contributed by atoms with Crippen molar-refractivity contribution in [3.05, 3.63) is 29.8 Å². The molecule has 1 aliphatic heterocycles. The second-order valence-electron chi connectivity index (χ2n) is 7.85. The molecule has 156 valence electrons. The Balaban J connectivity index is 2.08. The number of benzene rings is 1. The molecule has 1 atom stereocenters. The van der Waals surface area contributed by atoms with Crippen LogP contribution in [0.15, 0.2) is 29.2 Å². The lowest BCUT2D eigenvalue weighted by Crippen LogP contribution is -2.44. The first-order chi connectivity index (χ1) is 13.1. The van der Waals surface area contributed by atoms with E-state index in [9.17, 15) is 18.0 Å². The first-order valence-corrected chi connectivity index (χ1v) is 11.1. The van der Waals surface area contributed by atoms with Crippen LogP contribution in [0.1, 0.15) is 63.7 Å². The van der Waals surface area contributed by atoms with E-state index in [1.165, 1.54) is 28.6 Å². The van der Waals surface area contributed by atoms with Crippen LogP contribution in [-0.2, 0) is 19.6 Å². The van der Waals surface area contributed by atoms with E-state index in [0.717, 1.165) is 25.7 Å². The van der Waals surface area contributed by atoms with Crippen molar-refractivity contribution in [1.29, 1.82) is 0 Å². The summed E-state index contributed by atoms with van der Waals surface area (Å²) in [4.78, 5) is 24.3. The number of rotatable bonds is 7. The highest BCUT2D eigenvalue weighted by Crippen LogP contribution is 2.25. The summed E-state index contributed by atoms with van der Waals surface area (Å²) in [5, 5.41) is 2.78. The topological polar surface area (TPSA) is 92.8 Å². The molecular formula is C20H30N2O5S. The van der Waals surface area contributed by atoms with Gasteiger partial charge in [-0.05, 0) is 58.2 Å². The summed E-state index contributed by atoms with van der Waals surface area (Å²) in [7, 11) is -3.68. The molecule has 0 unspecified atom stereocenters. The lowest BCUT2D eigenvalue weighted by Gasteiger charge is -2.32. The molecule has 7 nitrogen and oxygen atoms in total. The van der Waals surface area contributed by atoms with Gasteiger partial charge < -0.3 is 10.1 Å². The maximum absolute atomic E-state index is 12.9. The molecule has 1 fully saturated rings. The van der Waals surface area contributed by atoms with Gasteiger partial charge in [-0.2, -0.15) is 4.31 Å². The fourth-order valence-electron chi connectivity index (χ4n) is 3.06. The number of hydrogen-bond acceptors (Lipinski definition) is 5. The zero-order valence-electron chi connectivity index (χ0n) is 17.0. The highest BCUT2D eigenvalue weighted by Gasteiger charge is 2.31. The average Bonchev–Trinajstić information content (AvgIpc) is 2.66. The van der Waals surface area contributed by atoms with E-state index < -0.39 is 28.5 Å². The number of hydrogen-bond donors (Lipinski definition) is 1. The number of sulfonamides is 1. The summed E-state index contributed by atoms with van der Waals surface area (Å²) in [6.45, 7) is 7.66. The van der Waals surface area contributed by atoms with Crippen LogP contribution in [0.3, 0.4) is 0 Å². The molecule has 1 heterocycles. The van der Waals surface area contributed by atoms with Crippen LogP contribution in [0.5, 0.6) is 0 Å². The maximum atomic E-state index is 12.9. The predicted octanol–water partition coefficient (Wildman–Crippen LogP) is 2.71. The highest BCUT2D eigenvalue weighted by molar-refractivity contribution is 7.89. The van der Waals surface area contributed by atoms with Gasteiger partial charge in [-0.1, -0.05) is 19.4 Å². The lowest BCUT2D eigenvalue weighted by molar-refractivity contribution is -0.125. The fourth-order valence-corrected chi connectivity index (χ4v) is 4.81. The second kappa shape index (κ2) is 9.05. The molecule has 1 aromatic carbocycles. The zero-order valence-corrected chi connectivity index (χ0v) is 17.8. The van der Waals surface area contributed by atoms with Crippen molar-refractivity contribution in [3.8, 4) is 0 Å². The minimum Gasteiger partial charge on any atom is -0.452 e. The number of ether oxygens (including phenoxy) is 1. The van der Waals surface area contributed by atoms with Gasteiger partial charge in [-0.3, -0.25) is 4.79 Å². The summed E-state index contributed by atoms with van der Waals surface area (Å²) < 4.78 is 32.4. The van der Waals surface area contributed by atoms with Crippen molar-refractivity contribution in [1.82, 2.24) is 9.62 Å². The summed E-state index contributed by atoms with van der Waals surface area (Å²) in [6, 6.07) is 5.71. The number of piperidine rings is 1. The average molecular weight is 411 g/mol. The Morgan fingerprint density at radius 1 is 1.29 bits per heavy atom. The first kappa shape index (κ1) is 22.4. The van der Waals surface area contributed by atoms with Gasteiger partial charge in [0.05, 0.1) is 10.5 Å². The van der Waals surface area contributed by atoms with Crippen LogP contribution >= 0.6 is 0 Å². The minimum absolute atomic E-state index is 0.0623. The molecule has 8 heteroatoms. The Hall–Kier alpha value is -1.93. The van der Waals surface area contributed by atoms with Crippen LogP contribution < -0.4 is 5.32 Å². The lowest BCUT2D eigenvalue weighted by atomic mass is 10.0. The molecule has 0 aliphatic carbocycles. The van der Waals surface area contributed by atoms with E-state index >= 15 is 0 Å². The Morgan fingerprint density at radius 3 is 2.64 bits per heavy atom. The molecule has 1 N–H and O–H groups in total. The van der Waals surface area contributed by atoms with E-state index in [-0.39, 0.29) is 22.0 Å². The molecule has 28 heavy (non-hydrogen) atoms. The van der Waals surface area contributed by atoms with Crippen molar-refractivity contribution >= 4 is 21.9 Å². The Bertz CT molecular complexity index is 820. The van der Waals surface area contributed by atoms with Crippen LogP contribution in [0.2, 0.25) is 0 Å². The number of amides is 1. The van der Waals surface area contributed by atoms with Crippen LogP contribution in [0.25, 0.3) is 0 Å². The van der Waals surface area contributed by atoms with E-state index in [0.29, 0.717) is 6.54 Å². The molecular weight excluding hydrogens is 380 g/mol. The van der Waals surface area contributed by atoms with Gasteiger partial charge in [-0.15, -0.1) is 0 Å². The Labute approximate surface area is 167 Å². The molecule has 1 aromatic rings. The first-order valence-electron chi connectivity index (χ1n) is 9.67. The van der Waals surface area contributed by atoms with E-state index in [4.69, 9.17) is 4.74 Å². The third-order valence-electron chi connectivity index (χ3n) is 5.11. The number of carbonyl (C=O) groups excluding carboxylic acids is 2. The van der Waals surface area contributed by atoms with Gasteiger partial charge in [0, 0.05) is 18.1 Å². The monoisotopic (exact) mass is 410 g/mol. The quantitative estimate of drug-likeness (QED) is 0.698.